The van der Waals surface area contributed by atoms with Crippen LogP contribution in [0.4, 0.5) is 0 Å². The van der Waals surface area contributed by atoms with E-state index in [0.29, 0.717) is 0 Å². The molecule has 156 valence electrons. The normalized spacial score (nSPS) is 15.2. The number of aromatic nitrogens is 4. The van der Waals surface area contributed by atoms with Crippen molar-refractivity contribution in [3.8, 4) is 33.8 Å². The Morgan fingerprint density at radius 1 is 0.938 bits per heavy atom. The third-order valence-electron chi connectivity index (χ3n) is 6.34. The van der Waals surface area contributed by atoms with Gasteiger partial charge in [-0.05, 0) is 72.9 Å². The summed E-state index contributed by atoms with van der Waals surface area (Å²) in [6.45, 7) is 1.99. The number of H-pyrrole nitrogens is 1. The Balaban J connectivity index is 1.43. The fourth-order valence-corrected chi connectivity index (χ4v) is 4.64. The Labute approximate surface area is 186 Å². The Morgan fingerprint density at radius 3 is 2.72 bits per heavy atom. The number of fused-ring (bicyclic) bond motifs is 2. The smallest absolute Gasteiger partial charge is 0.0977 e. The molecule has 0 saturated heterocycles. The van der Waals surface area contributed by atoms with E-state index < -0.39 is 0 Å². The van der Waals surface area contributed by atoms with E-state index in [2.05, 4.69) is 57.4 Å². The summed E-state index contributed by atoms with van der Waals surface area (Å²) in [6.07, 6.45) is 5.76. The van der Waals surface area contributed by atoms with Gasteiger partial charge in [0.1, 0.15) is 0 Å². The molecule has 1 aliphatic rings. The van der Waals surface area contributed by atoms with Gasteiger partial charge >= 0.3 is 0 Å². The first-order chi connectivity index (χ1) is 15.7. The molecule has 0 radical (unpaired) electrons. The van der Waals surface area contributed by atoms with E-state index in [-0.39, 0.29) is 6.04 Å². The van der Waals surface area contributed by atoms with Gasteiger partial charge in [-0.2, -0.15) is 0 Å². The van der Waals surface area contributed by atoms with Crippen molar-refractivity contribution in [3.63, 3.8) is 0 Å². The van der Waals surface area contributed by atoms with Crippen LogP contribution >= 0.6 is 0 Å². The molecule has 3 aromatic heterocycles. The van der Waals surface area contributed by atoms with Crippen LogP contribution in [-0.2, 0) is 6.42 Å². The fraction of sp³-hybridized carbons (Fsp3) is 0.148. The number of rotatable bonds is 3. The Kier molecular flexibility index (Phi) is 4.37. The summed E-state index contributed by atoms with van der Waals surface area (Å²) in [5.41, 5.74) is 16.9. The van der Waals surface area contributed by atoms with Gasteiger partial charge in [0.05, 0.1) is 28.9 Å². The quantitative estimate of drug-likeness (QED) is 0.400. The van der Waals surface area contributed by atoms with Crippen molar-refractivity contribution in [1.29, 1.82) is 0 Å². The molecule has 3 heterocycles. The highest BCUT2D eigenvalue weighted by molar-refractivity contribution is 5.89. The van der Waals surface area contributed by atoms with Gasteiger partial charge in [0.25, 0.3) is 0 Å². The van der Waals surface area contributed by atoms with Crippen LogP contribution in [0.2, 0.25) is 0 Å². The number of imidazole rings is 1. The van der Waals surface area contributed by atoms with Crippen LogP contribution in [0.1, 0.15) is 29.3 Å². The summed E-state index contributed by atoms with van der Waals surface area (Å²) in [7, 11) is 0. The minimum atomic E-state index is 0.137. The molecule has 32 heavy (non-hydrogen) atoms. The van der Waals surface area contributed by atoms with E-state index in [1.807, 2.05) is 31.3 Å². The zero-order valence-electron chi connectivity index (χ0n) is 17.8. The molecule has 1 unspecified atom stereocenters. The van der Waals surface area contributed by atoms with Crippen molar-refractivity contribution < 1.29 is 0 Å². The molecule has 0 amide bonds. The van der Waals surface area contributed by atoms with Crippen LogP contribution in [0.25, 0.3) is 44.7 Å². The standard InChI is InChI=1S/C27H23N5/c1-16-3-2-4-25(32-16)27-26(30-15-31-27)19-8-10-24-20(11-19)12-21(14-29-24)18-6-5-17-7-9-23(28)22(17)13-18/h2-6,8,10-15,23H,7,9,28H2,1H3,(H,30,31). The number of hydrogen-bond acceptors (Lipinski definition) is 4. The predicted molar refractivity (Wildman–Crippen MR) is 128 cm³/mol. The largest absolute Gasteiger partial charge is 0.343 e. The lowest BCUT2D eigenvalue weighted by Gasteiger charge is -2.10. The molecule has 1 atom stereocenters. The van der Waals surface area contributed by atoms with E-state index in [1.54, 1.807) is 6.33 Å². The van der Waals surface area contributed by atoms with Crippen molar-refractivity contribution in [2.75, 3.05) is 0 Å². The summed E-state index contributed by atoms with van der Waals surface area (Å²) in [6, 6.07) is 21.2. The summed E-state index contributed by atoms with van der Waals surface area (Å²) in [4.78, 5) is 17.2. The van der Waals surface area contributed by atoms with E-state index in [1.165, 1.54) is 11.1 Å². The number of nitrogens with two attached hydrogens (primary N) is 1. The first-order valence-corrected chi connectivity index (χ1v) is 10.9. The molecule has 1 aliphatic carbocycles. The van der Waals surface area contributed by atoms with Gasteiger partial charge in [-0.1, -0.05) is 24.3 Å². The van der Waals surface area contributed by atoms with Gasteiger partial charge in [0.2, 0.25) is 0 Å². The molecule has 0 fully saturated rings. The van der Waals surface area contributed by atoms with E-state index in [0.717, 1.165) is 63.2 Å². The molecule has 5 heteroatoms. The average Bonchev–Trinajstić information content (AvgIpc) is 3.45. The van der Waals surface area contributed by atoms with Crippen LogP contribution in [0.15, 0.2) is 73.2 Å². The van der Waals surface area contributed by atoms with E-state index in [4.69, 9.17) is 10.7 Å². The molecule has 3 N–H and O–H groups in total. The number of benzene rings is 2. The highest BCUT2D eigenvalue weighted by atomic mass is 14.9. The topological polar surface area (TPSA) is 80.5 Å². The molecule has 0 saturated carbocycles. The molecule has 2 aromatic carbocycles. The van der Waals surface area contributed by atoms with Crippen LogP contribution in [-0.4, -0.2) is 19.9 Å². The van der Waals surface area contributed by atoms with Crippen molar-refractivity contribution in [2.45, 2.75) is 25.8 Å². The number of nitrogens with zero attached hydrogens (tertiary/aromatic N) is 3. The third kappa shape index (κ3) is 3.18. The first kappa shape index (κ1) is 18.9. The van der Waals surface area contributed by atoms with Gasteiger partial charge in [-0.15, -0.1) is 0 Å². The van der Waals surface area contributed by atoms with Gasteiger partial charge in [-0.25, -0.2) is 4.98 Å². The van der Waals surface area contributed by atoms with Crippen LogP contribution in [0.3, 0.4) is 0 Å². The number of nitrogens with one attached hydrogen (secondary N) is 1. The molecule has 0 bridgehead atoms. The zero-order valence-corrected chi connectivity index (χ0v) is 17.8. The van der Waals surface area contributed by atoms with Crippen molar-refractivity contribution in [2.24, 2.45) is 5.73 Å². The maximum Gasteiger partial charge on any atom is 0.0977 e. The Bertz CT molecular complexity index is 1470. The van der Waals surface area contributed by atoms with Crippen molar-refractivity contribution in [3.05, 3.63) is 90.0 Å². The van der Waals surface area contributed by atoms with Crippen molar-refractivity contribution in [1.82, 2.24) is 19.9 Å². The summed E-state index contributed by atoms with van der Waals surface area (Å²) in [5, 5.41) is 1.08. The number of pyridine rings is 2. The van der Waals surface area contributed by atoms with E-state index in [9.17, 15) is 0 Å². The molecular formula is C27H23N5. The molecule has 6 rings (SSSR count). The molecular weight excluding hydrogens is 394 g/mol. The zero-order chi connectivity index (χ0) is 21.7. The van der Waals surface area contributed by atoms with Crippen LogP contribution in [0.5, 0.6) is 0 Å². The molecule has 5 nitrogen and oxygen atoms in total. The third-order valence-corrected chi connectivity index (χ3v) is 6.34. The summed E-state index contributed by atoms with van der Waals surface area (Å²) in [5.74, 6) is 0. The number of hydrogen-bond donors (Lipinski definition) is 2. The Morgan fingerprint density at radius 2 is 1.81 bits per heavy atom. The van der Waals surface area contributed by atoms with Gasteiger partial charge < -0.3 is 10.7 Å². The first-order valence-electron chi connectivity index (χ1n) is 10.9. The van der Waals surface area contributed by atoms with E-state index >= 15 is 0 Å². The van der Waals surface area contributed by atoms with Crippen LogP contribution in [0, 0.1) is 6.92 Å². The monoisotopic (exact) mass is 417 g/mol. The minimum Gasteiger partial charge on any atom is -0.343 e. The van der Waals surface area contributed by atoms with Gasteiger partial charge in [0, 0.05) is 34.4 Å². The van der Waals surface area contributed by atoms with Gasteiger partial charge in [0.15, 0.2) is 0 Å². The summed E-state index contributed by atoms with van der Waals surface area (Å²) < 4.78 is 0. The minimum absolute atomic E-state index is 0.137. The second-order valence-electron chi connectivity index (χ2n) is 8.48. The highest BCUT2D eigenvalue weighted by Crippen LogP contribution is 2.34. The van der Waals surface area contributed by atoms with Gasteiger partial charge in [-0.3, -0.25) is 9.97 Å². The molecule has 0 aliphatic heterocycles. The maximum absolute atomic E-state index is 6.30. The summed E-state index contributed by atoms with van der Waals surface area (Å²) >= 11 is 0. The Hall–Kier alpha value is -3.83. The number of aromatic amines is 1. The lowest BCUT2D eigenvalue weighted by atomic mass is 9.98. The number of aryl methyl sites for hydroxylation is 2. The lowest BCUT2D eigenvalue weighted by Crippen LogP contribution is -2.05. The molecule has 0 spiro atoms. The average molecular weight is 418 g/mol. The van der Waals surface area contributed by atoms with Crippen molar-refractivity contribution >= 4 is 10.9 Å². The lowest BCUT2D eigenvalue weighted by molar-refractivity contribution is 0.713. The maximum atomic E-state index is 6.30. The van der Waals surface area contributed by atoms with Crippen LogP contribution < -0.4 is 5.73 Å². The SMILES string of the molecule is Cc1cccc(-c2[nH]cnc2-c2ccc3ncc(-c4ccc5c(c4)C(N)CC5)cc3c2)n1. The second kappa shape index (κ2) is 7.39. The highest BCUT2D eigenvalue weighted by Gasteiger charge is 2.19. The fourth-order valence-electron chi connectivity index (χ4n) is 4.64. The second-order valence-corrected chi connectivity index (χ2v) is 8.48. The molecule has 5 aromatic rings. The predicted octanol–water partition coefficient (Wildman–Crippen LogP) is 5.61.